The molecule has 1 aromatic carbocycles. The molecular weight excluding hydrogens is 335 g/mol. The summed E-state index contributed by atoms with van der Waals surface area (Å²) in [5.41, 5.74) is -0.341. The van der Waals surface area contributed by atoms with E-state index in [4.69, 9.17) is 0 Å². The number of nitrogens with zero attached hydrogens (tertiary/aromatic N) is 1. The Morgan fingerprint density at radius 3 is 2.84 bits per heavy atom. The van der Waals surface area contributed by atoms with Gasteiger partial charge < -0.3 is 5.32 Å². The molecular formula is C12H10BrFN2O2S. The molecule has 0 aliphatic heterocycles. The number of para-hydroxylation sites is 1. The minimum absolute atomic E-state index is 0.0791. The van der Waals surface area contributed by atoms with Crippen LogP contribution in [0.15, 0.2) is 34.1 Å². The Hall–Kier alpha value is -1.47. The van der Waals surface area contributed by atoms with E-state index in [-0.39, 0.29) is 17.4 Å². The van der Waals surface area contributed by atoms with Crippen molar-refractivity contribution >= 4 is 38.6 Å². The zero-order chi connectivity index (χ0) is 14.0. The normalized spacial score (nSPS) is 12.2. The van der Waals surface area contributed by atoms with Gasteiger partial charge in [-0.3, -0.25) is 10.1 Å². The molecule has 0 aliphatic rings. The second-order valence-electron chi connectivity index (χ2n) is 3.92. The maximum absolute atomic E-state index is 13.7. The Bertz CT molecular complexity index is 618. The number of hydrogen-bond acceptors (Lipinski definition) is 4. The van der Waals surface area contributed by atoms with Crippen LogP contribution < -0.4 is 5.32 Å². The zero-order valence-corrected chi connectivity index (χ0v) is 12.3. The number of anilines is 1. The van der Waals surface area contributed by atoms with E-state index in [1.54, 1.807) is 0 Å². The lowest BCUT2D eigenvalue weighted by Crippen LogP contribution is -2.08. The van der Waals surface area contributed by atoms with Gasteiger partial charge in [-0.25, -0.2) is 4.39 Å². The average Bonchev–Trinajstić information content (AvgIpc) is 2.78. The van der Waals surface area contributed by atoms with Crippen LogP contribution >= 0.6 is 27.3 Å². The molecule has 0 fully saturated rings. The van der Waals surface area contributed by atoms with E-state index < -0.39 is 10.7 Å². The third kappa shape index (κ3) is 3.10. The average molecular weight is 345 g/mol. The number of halogens is 2. The van der Waals surface area contributed by atoms with Crippen LogP contribution in [0.25, 0.3) is 0 Å². The fraction of sp³-hybridized carbons (Fsp3) is 0.167. The van der Waals surface area contributed by atoms with E-state index in [1.807, 2.05) is 18.4 Å². The molecule has 100 valence electrons. The van der Waals surface area contributed by atoms with E-state index in [9.17, 15) is 14.5 Å². The minimum atomic E-state index is -0.628. The number of nitrogens with one attached hydrogen (secondary N) is 1. The highest BCUT2D eigenvalue weighted by atomic mass is 79.9. The molecule has 0 amide bonds. The van der Waals surface area contributed by atoms with Gasteiger partial charge in [0.25, 0.3) is 5.69 Å². The van der Waals surface area contributed by atoms with Crippen molar-refractivity contribution in [3.05, 3.63) is 54.9 Å². The zero-order valence-electron chi connectivity index (χ0n) is 9.89. The molecule has 0 saturated carbocycles. The van der Waals surface area contributed by atoms with Gasteiger partial charge in [-0.15, -0.1) is 11.3 Å². The molecule has 1 unspecified atom stereocenters. The SMILES string of the molecule is CC(Nc1c(F)cccc1[N+](=O)[O-])c1cc(Br)cs1. The predicted molar refractivity (Wildman–Crippen MR) is 77.1 cm³/mol. The molecule has 2 aromatic rings. The second kappa shape index (κ2) is 5.66. The van der Waals surface area contributed by atoms with Gasteiger partial charge in [-0.05, 0) is 35.0 Å². The van der Waals surface area contributed by atoms with Crippen molar-refractivity contribution in [2.45, 2.75) is 13.0 Å². The van der Waals surface area contributed by atoms with E-state index in [1.165, 1.54) is 29.5 Å². The van der Waals surface area contributed by atoms with E-state index in [2.05, 4.69) is 21.2 Å². The summed E-state index contributed by atoms with van der Waals surface area (Å²) in [6.07, 6.45) is 0. The quantitative estimate of drug-likeness (QED) is 0.644. The Kier molecular flexibility index (Phi) is 4.16. The van der Waals surface area contributed by atoms with Crippen LogP contribution in [-0.2, 0) is 0 Å². The van der Waals surface area contributed by atoms with E-state index in [0.717, 1.165) is 9.35 Å². The first-order valence-corrected chi connectivity index (χ1v) is 7.09. The topological polar surface area (TPSA) is 55.2 Å². The van der Waals surface area contributed by atoms with Crippen LogP contribution in [0, 0.1) is 15.9 Å². The van der Waals surface area contributed by atoms with Crippen molar-refractivity contribution in [2.24, 2.45) is 0 Å². The number of hydrogen-bond donors (Lipinski definition) is 1. The van der Waals surface area contributed by atoms with Gasteiger partial charge in [0.2, 0.25) is 0 Å². The van der Waals surface area contributed by atoms with Crippen molar-refractivity contribution in [3.8, 4) is 0 Å². The molecule has 1 atom stereocenters. The van der Waals surface area contributed by atoms with Crippen molar-refractivity contribution in [2.75, 3.05) is 5.32 Å². The maximum atomic E-state index is 13.7. The highest BCUT2D eigenvalue weighted by Gasteiger charge is 2.20. The summed E-state index contributed by atoms with van der Waals surface area (Å²) in [6, 6.07) is 5.49. The Morgan fingerprint density at radius 2 is 2.26 bits per heavy atom. The Labute approximate surface area is 121 Å². The molecule has 1 heterocycles. The molecule has 19 heavy (non-hydrogen) atoms. The number of thiophene rings is 1. The predicted octanol–water partition coefficient (Wildman–Crippen LogP) is 4.73. The van der Waals surface area contributed by atoms with Gasteiger partial charge in [-0.2, -0.15) is 0 Å². The van der Waals surface area contributed by atoms with Crippen LogP contribution in [0.4, 0.5) is 15.8 Å². The summed E-state index contributed by atoms with van der Waals surface area (Å²) in [4.78, 5) is 11.3. The first-order chi connectivity index (χ1) is 8.99. The van der Waals surface area contributed by atoms with Gasteiger partial charge in [-0.1, -0.05) is 6.07 Å². The molecule has 4 nitrogen and oxygen atoms in total. The van der Waals surface area contributed by atoms with Crippen molar-refractivity contribution in [1.82, 2.24) is 0 Å². The molecule has 1 aromatic heterocycles. The minimum Gasteiger partial charge on any atom is -0.370 e. The second-order valence-corrected chi connectivity index (χ2v) is 5.78. The Balaban J connectivity index is 2.30. The summed E-state index contributed by atoms with van der Waals surface area (Å²) in [5, 5.41) is 15.7. The van der Waals surface area contributed by atoms with Gasteiger partial charge >= 0.3 is 0 Å². The third-order valence-corrected chi connectivity index (χ3v) is 4.44. The molecule has 0 bridgehead atoms. The summed E-state index contributed by atoms with van der Waals surface area (Å²) >= 11 is 4.83. The first kappa shape index (κ1) is 14.0. The fourth-order valence-corrected chi connectivity index (χ4v) is 3.10. The number of nitro groups is 1. The lowest BCUT2D eigenvalue weighted by atomic mass is 10.2. The van der Waals surface area contributed by atoms with Crippen LogP contribution in [-0.4, -0.2) is 4.92 Å². The lowest BCUT2D eigenvalue weighted by molar-refractivity contribution is -0.384. The van der Waals surface area contributed by atoms with E-state index >= 15 is 0 Å². The molecule has 0 aliphatic carbocycles. The van der Waals surface area contributed by atoms with Crippen LogP contribution in [0.2, 0.25) is 0 Å². The first-order valence-electron chi connectivity index (χ1n) is 5.42. The van der Waals surface area contributed by atoms with Gasteiger partial charge in [0.05, 0.1) is 11.0 Å². The van der Waals surface area contributed by atoms with Crippen molar-refractivity contribution in [1.29, 1.82) is 0 Å². The van der Waals surface area contributed by atoms with Gasteiger partial charge in [0.1, 0.15) is 5.69 Å². The van der Waals surface area contributed by atoms with E-state index in [0.29, 0.717) is 0 Å². The van der Waals surface area contributed by atoms with Crippen molar-refractivity contribution < 1.29 is 9.31 Å². The number of nitro benzene ring substituents is 1. The Morgan fingerprint density at radius 1 is 1.53 bits per heavy atom. The third-order valence-electron chi connectivity index (χ3n) is 2.56. The fourth-order valence-electron chi connectivity index (χ4n) is 1.65. The molecule has 2 rings (SSSR count). The van der Waals surface area contributed by atoms with Gasteiger partial charge in [0.15, 0.2) is 5.82 Å². The monoisotopic (exact) mass is 344 g/mol. The molecule has 1 N–H and O–H groups in total. The standard InChI is InChI=1S/C12H10BrFN2O2S/c1-7(11-5-8(13)6-19-11)15-12-9(14)3-2-4-10(12)16(17)18/h2-7,15H,1H3. The molecule has 0 spiro atoms. The summed E-state index contributed by atoms with van der Waals surface area (Å²) < 4.78 is 14.7. The summed E-state index contributed by atoms with van der Waals surface area (Å²) in [7, 11) is 0. The summed E-state index contributed by atoms with van der Waals surface area (Å²) in [6.45, 7) is 1.83. The lowest BCUT2D eigenvalue weighted by Gasteiger charge is -2.14. The molecule has 7 heteroatoms. The summed E-state index contributed by atoms with van der Waals surface area (Å²) in [5.74, 6) is -0.628. The highest BCUT2D eigenvalue weighted by molar-refractivity contribution is 9.10. The van der Waals surface area contributed by atoms with Crippen LogP contribution in [0.1, 0.15) is 17.8 Å². The van der Waals surface area contributed by atoms with Crippen LogP contribution in [0.3, 0.4) is 0 Å². The smallest absolute Gasteiger partial charge is 0.295 e. The van der Waals surface area contributed by atoms with Gasteiger partial charge in [0, 0.05) is 20.8 Å². The maximum Gasteiger partial charge on any atom is 0.295 e. The number of rotatable bonds is 4. The van der Waals surface area contributed by atoms with Crippen molar-refractivity contribution in [3.63, 3.8) is 0 Å². The number of benzene rings is 1. The highest BCUT2D eigenvalue weighted by Crippen LogP contribution is 2.33. The molecule has 0 radical (unpaired) electrons. The molecule has 0 saturated heterocycles. The van der Waals surface area contributed by atoms with Crippen LogP contribution in [0.5, 0.6) is 0 Å². The largest absolute Gasteiger partial charge is 0.370 e.